The largest absolute Gasteiger partial charge is 0.493 e. The van der Waals surface area contributed by atoms with Crippen LogP contribution in [0.4, 0.5) is 5.00 Å². The van der Waals surface area contributed by atoms with E-state index in [1.165, 1.54) is 18.4 Å². The summed E-state index contributed by atoms with van der Waals surface area (Å²) < 4.78 is 10.7. The van der Waals surface area contributed by atoms with E-state index in [0.717, 1.165) is 5.56 Å². The van der Waals surface area contributed by atoms with Gasteiger partial charge >= 0.3 is 0 Å². The van der Waals surface area contributed by atoms with Crippen molar-refractivity contribution in [3.63, 3.8) is 0 Å². The number of rotatable bonds is 5. The highest BCUT2D eigenvalue weighted by atomic mass is 32.1. The summed E-state index contributed by atoms with van der Waals surface area (Å²) in [6.07, 6.45) is 3.69. The lowest BCUT2D eigenvalue weighted by molar-refractivity contribution is 0.102. The topological polar surface area (TPSA) is 71.4 Å². The Balaban J connectivity index is 2.41. The molecule has 2 aromatic rings. The standard InChI is InChI=1S/C17H16N2O3S/c1-4-5-11-8-13(9-14(21-2)15(11)22-3)16(20)19-17-12(10-18)6-7-23-17/h4-9H,1-3H3,(H,19,20). The zero-order valence-electron chi connectivity index (χ0n) is 13.0. The van der Waals surface area contributed by atoms with Gasteiger partial charge in [0.25, 0.3) is 5.91 Å². The Morgan fingerprint density at radius 2 is 2.13 bits per heavy atom. The maximum absolute atomic E-state index is 12.5. The van der Waals surface area contributed by atoms with Crippen molar-refractivity contribution >= 4 is 28.3 Å². The molecular weight excluding hydrogens is 312 g/mol. The molecule has 0 aliphatic carbocycles. The van der Waals surface area contributed by atoms with Gasteiger partial charge in [-0.15, -0.1) is 11.3 Å². The Kier molecular flexibility index (Phi) is 5.39. The lowest BCUT2D eigenvalue weighted by Gasteiger charge is -2.13. The first-order valence-electron chi connectivity index (χ1n) is 6.82. The first-order chi connectivity index (χ1) is 11.1. The van der Waals surface area contributed by atoms with Crippen molar-refractivity contribution in [1.29, 1.82) is 5.26 Å². The number of methoxy groups -OCH3 is 2. The summed E-state index contributed by atoms with van der Waals surface area (Å²) in [5, 5.41) is 14.1. The summed E-state index contributed by atoms with van der Waals surface area (Å²) in [6.45, 7) is 1.88. The van der Waals surface area contributed by atoms with Crippen molar-refractivity contribution < 1.29 is 14.3 Å². The summed E-state index contributed by atoms with van der Waals surface area (Å²) >= 11 is 1.30. The van der Waals surface area contributed by atoms with Gasteiger partial charge in [-0.25, -0.2) is 0 Å². The summed E-state index contributed by atoms with van der Waals surface area (Å²) in [4.78, 5) is 12.5. The number of nitriles is 1. The third kappa shape index (κ3) is 3.52. The molecule has 2 rings (SSSR count). The van der Waals surface area contributed by atoms with Crippen LogP contribution in [0.15, 0.2) is 29.7 Å². The Hall–Kier alpha value is -2.78. The molecule has 1 amide bonds. The van der Waals surface area contributed by atoms with Gasteiger partial charge in [-0.05, 0) is 30.5 Å². The number of allylic oxidation sites excluding steroid dienone is 1. The van der Waals surface area contributed by atoms with Crippen molar-refractivity contribution in [2.75, 3.05) is 19.5 Å². The van der Waals surface area contributed by atoms with E-state index >= 15 is 0 Å². The number of hydrogen-bond donors (Lipinski definition) is 1. The Labute approximate surface area is 138 Å². The van der Waals surface area contributed by atoms with Crippen molar-refractivity contribution in [1.82, 2.24) is 0 Å². The average Bonchev–Trinajstić information content (AvgIpc) is 3.01. The maximum atomic E-state index is 12.5. The third-order valence-corrected chi connectivity index (χ3v) is 3.96. The zero-order valence-corrected chi connectivity index (χ0v) is 13.9. The van der Waals surface area contributed by atoms with Gasteiger partial charge in [-0.2, -0.15) is 5.26 Å². The molecule has 1 aromatic carbocycles. The number of nitrogens with one attached hydrogen (secondary N) is 1. The highest BCUT2D eigenvalue weighted by Gasteiger charge is 2.16. The zero-order chi connectivity index (χ0) is 16.8. The van der Waals surface area contributed by atoms with Crippen LogP contribution in [0.25, 0.3) is 6.08 Å². The second kappa shape index (κ2) is 7.47. The third-order valence-electron chi connectivity index (χ3n) is 3.13. The number of amides is 1. The Bertz CT molecular complexity index is 788. The number of carbonyl (C=O) groups excluding carboxylic acids is 1. The minimum absolute atomic E-state index is 0.310. The molecule has 0 saturated carbocycles. The molecule has 118 valence electrons. The van der Waals surface area contributed by atoms with E-state index in [1.54, 1.807) is 30.7 Å². The molecule has 0 aliphatic rings. The molecule has 1 heterocycles. The molecule has 0 radical (unpaired) electrons. The maximum Gasteiger partial charge on any atom is 0.256 e. The van der Waals surface area contributed by atoms with E-state index in [0.29, 0.717) is 27.6 Å². The molecule has 0 fully saturated rings. The van der Waals surface area contributed by atoms with E-state index in [-0.39, 0.29) is 5.91 Å². The SMILES string of the molecule is CC=Cc1cc(C(=O)Nc2sccc2C#N)cc(OC)c1OC. The number of carbonyl (C=O) groups is 1. The fourth-order valence-corrected chi connectivity index (χ4v) is 2.83. The average molecular weight is 328 g/mol. The molecule has 23 heavy (non-hydrogen) atoms. The molecule has 1 aromatic heterocycles. The highest BCUT2D eigenvalue weighted by molar-refractivity contribution is 7.14. The van der Waals surface area contributed by atoms with Crippen LogP contribution in [0.5, 0.6) is 11.5 Å². The molecule has 1 N–H and O–H groups in total. The fourth-order valence-electron chi connectivity index (χ4n) is 2.10. The van der Waals surface area contributed by atoms with Crippen molar-refractivity contribution in [2.24, 2.45) is 0 Å². The van der Waals surface area contributed by atoms with Gasteiger partial charge in [0.15, 0.2) is 11.5 Å². The molecule has 5 nitrogen and oxygen atoms in total. The van der Waals surface area contributed by atoms with Crippen LogP contribution in [0.1, 0.15) is 28.4 Å². The van der Waals surface area contributed by atoms with Crippen LogP contribution < -0.4 is 14.8 Å². The summed E-state index contributed by atoms with van der Waals surface area (Å²) in [5.41, 5.74) is 1.61. The van der Waals surface area contributed by atoms with Crippen LogP contribution >= 0.6 is 11.3 Å². The fraction of sp³-hybridized carbons (Fsp3) is 0.176. The number of ether oxygens (including phenoxy) is 2. The van der Waals surface area contributed by atoms with E-state index in [4.69, 9.17) is 14.7 Å². The van der Waals surface area contributed by atoms with Gasteiger partial charge in [-0.1, -0.05) is 12.2 Å². The summed E-state index contributed by atoms with van der Waals surface area (Å²) in [7, 11) is 3.07. The molecule has 0 spiro atoms. The minimum Gasteiger partial charge on any atom is -0.493 e. The van der Waals surface area contributed by atoms with Crippen LogP contribution in [0, 0.1) is 11.3 Å². The second-order valence-electron chi connectivity index (χ2n) is 4.53. The lowest BCUT2D eigenvalue weighted by atomic mass is 10.1. The van der Waals surface area contributed by atoms with Gasteiger partial charge in [0.05, 0.1) is 19.8 Å². The number of thiophene rings is 1. The highest BCUT2D eigenvalue weighted by Crippen LogP contribution is 2.34. The first-order valence-corrected chi connectivity index (χ1v) is 7.70. The second-order valence-corrected chi connectivity index (χ2v) is 5.45. The molecule has 0 saturated heterocycles. The van der Waals surface area contributed by atoms with Crippen LogP contribution in [-0.2, 0) is 0 Å². The summed E-state index contributed by atoms with van der Waals surface area (Å²) in [5.74, 6) is 0.728. The molecule has 0 atom stereocenters. The van der Waals surface area contributed by atoms with Gasteiger partial charge in [0.2, 0.25) is 0 Å². The van der Waals surface area contributed by atoms with Crippen LogP contribution in [0.3, 0.4) is 0 Å². The predicted octanol–water partition coefficient (Wildman–Crippen LogP) is 3.92. The predicted molar refractivity (Wildman–Crippen MR) is 91.2 cm³/mol. The van der Waals surface area contributed by atoms with E-state index in [2.05, 4.69) is 5.32 Å². The van der Waals surface area contributed by atoms with Crippen molar-refractivity contribution in [3.8, 4) is 17.6 Å². The van der Waals surface area contributed by atoms with Crippen LogP contribution in [-0.4, -0.2) is 20.1 Å². The van der Waals surface area contributed by atoms with Gasteiger partial charge in [0.1, 0.15) is 11.1 Å². The van der Waals surface area contributed by atoms with Crippen LogP contribution in [0.2, 0.25) is 0 Å². The number of nitrogens with zero attached hydrogens (tertiary/aromatic N) is 1. The molecular formula is C17H16N2O3S. The Morgan fingerprint density at radius 1 is 1.35 bits per heavy atom. The van der Waals surface area contributed by atoms with E-state index in [9.17, 15) is 4.79 Å². The monoisotopic (exact) mass is 328 g/mol. The number of benzene rings is 1. The molecule has 6 heteroatoms. The smallest absolute Gasteiger partial charge is 0.256 e. The first kappa shape index (κ1) is 16.6. The van der Waals surface area contributed by atoms with Crippen molar-refractivity contribution in [3.05, 3.63) is 46.3 Å². The molecule has 0 unspecified atom stereocenters. The van der Waals surface area contributed by atoms with E-state index < -0.39 is 0 Å². The number of hydrogen-bond acceptors (Lipinski definition) is 5. The van der Waals surface area contributed by atoms with Crippen molar-refractivity contribution in [2.45, 2.75) is 6.92 Å². The molecule has 0 bridgehead atoms. The van der Waals surface area contributed by atoms with Gasteiger partial charge < -0.3 is 14.8 Å². The Morgan fingerprint density at radius 3 is 2.74 bits per heavy atom. The van der Waals surface area contributed by atoms with E-state index in [1.807, 2.05) is 25.1 Å². The normalized spacial score (nSPS) is 10.3. The minimum atomic E-state index is -0.310. The van der Waals surface area contributed by atoms with Gasteiger partial charge in [0, 0.05) is 11.1 Å². The lowest BCUT2D eigenvalue weighted by Crippen LogP contribution is -2.12. The number of anilines is 1. The summed E-state index contributed by atoms with van der Waals surface area (Å²) in [6, 6.07) is 7.04. The quantitative estimate of drug-likeness (QED) is 0.903. The van der Waals surface area contributed by atoms with Gasteiger partial charge in [-0.3, -0.25) is 4.79 Å². The molecule has 0 aliphatic heterocycles.